The van der Waals surface area contributed by atoms with Crippen molar-refractivity contribution in [1.82, 2.24) is 4.90 Å². The molecule has 0 aliphatic carbocycles. The molecule has 1 fully saturated rings. The van der Waals surface area contributed by atoms with Crippen molar-refractivity contribution < 1.29 is 22.7 Å². The summed E-state index contributed by atoms with van der Waals surface area (Å²) in [7, 11) is 0. The molecule has 2 rings (SSSR count). The number of carbonyl (C=O) groups is 1. The minimum atomic E-state index is -4.52. The Hall–Kier alpha value is -1.76. The predicted octanol–water partition coefficient (Wildman–Crippen LogP) is 2.42. The van der Waals surface area contributed by atoms with E-state index in [1.807, 2.05) is 0 Å². The van der Waals surface area contributed by atoms with Crippen molar-refractivity contribution in [2.45, 2.75) is 38.1 Å². The molecule has 7 heteroatoms. The molecule has 2 unspecified atom stereocenters. The maximum Gasteiger partial charge on any atom is 0.419 e. The minimum Gasteiger partial charge on any atom is -0.480 e. The molecule has 0 radical (unpaired) electrons. The van der Waals surface area contributed by atoms with Gasteiger partial charge in [0.2, 0.25) is 0 Å². The lowest BCUT2D eigenvalue weighted by molar-refractivity contribution is -0.144. The van der Waals surface area contributed by atoms with Crippen LogP contribution in [-0.4, -0.2) is 36.0 Å². The van der Waals surface area contributed by atoms with Crippen LogP contribution in [0.4, 0.5) is 13.2 Å². The summed E-state index contributed by atoms with van der Waals surface area (Å²) in [6.07, 6.45) is -3.88. The summed E-state index contributed by atoms with van der Waals surface area (Å²) in [5.74, 6) is -0.677. The number of nitrogens with zero attached hydrogens (tertiary/aromatic N) is 1. The highest BCUT2D eigenvalue weighted by molar-refractivity contribution is 5.81. The lowest BCUT2D eigenvalue weighted by atomic mass is 10.1. The highest BCUT2D eigenvalue weighted by Gasteiger charge is 2.35. The van der Waals surface area contributed by atoms with Crippen molar-refractivity contribution in [3.05, 3.63) is 29.8 Å². The summed E-state index contributed by atoms with van der Waals surface area (Å²) >= 11 is 0. The van der Waals surface area contributed by atoms with Crippen LogP contribution in [0.1, 0.15) is 25.3 Å². The quantitative estimate of drug-likeness (QED) is 0.932. The largest absolute Gasteiger partial charge is 0.480 e. The predicted molar refractivity (Wildman–Crippen MR) is 75.3 cm³/mol. The molecule has 1 aliphatic heterocycles. The van der Waals surface area contributed by atoms with E-state index in [4.69, 9.17) is 10.5 Å². The normalized spacial score (nSPS) is 20.6. The van der Waals surface area contributed by atoms with E-state index >= 15 is 0 Å². The fourth-order valence-corrected chi connectivity index (χ4v) is 2.51. The van der Waals surface area contributed by atoms with Gasteiger partial charge in [-0.15, -0.1) is 0 Å². The van der Waals surface area contributed by atoms with Gasteiger partial charge >= 0.3 is 6.18 Å². The number of halogens is 3. The SMILES string of the molecule is CC(Oc1ccccc1C(F)(F)F)C(=O)N1CCCC(N)C1. The maximum atomic E-state index is 12.9. The van der Waals surface area contributed by atoms with E-state index in [9.17, 15) is 18.0 Å². The van der Waals surface area contributed by atoms with Gasteiger partial charge < -0.3 is 15.4 Å². The Morgan fingerprint density at radius 1 is 1.41 bits per heavy atom. The van der Waals surface area contributed by atoms with E-state index in [1.165, 1.54) is 25.1 Å². The second kappa shape index (κ2) is 6.56. The van der Waals surface area contributed by atoms with Gasteiger partial charge in [0.15, 0.2) is 6.10 Å². The van der Waals surface area contributed by atoms with Crippen LogP contribution in [0.5, 0.6) is 5.75 Å². The van der Waals surface area contributed by atoms with Crippen LogP contribution in [0.2, 0.25) is 0 Å². The third-order valence-electron chi connectivity index (χ3n) is 3.61. The fraction of sp³-hybridized carbons (Fsp3) is 0.533. The number of rotatable bonds is 3. The lowest BCUT2D eigenvalue weighted by Gasteiger charge is -2.32. The van der Waals surface area contributed by atoms with Gasteiger partial charge in [0, 0.05) is 19.1 Å². The zero-order valence-corrected chi connectivity index (χ0v) is 12.3. The number of piperidine rings is 1. The first kappa shape index (κ1) is 16.6. The van der Waals surface area contributed by atoms with Crippen LogP contribution in [0.15, 0.2) is 24.3 Å². The number of hydrogen-bond donors (Lipinski definition) is 1. The maximum absolute atomic E-state index is 12.9. The van der Waals surface area contributed by atoms with Gasteiger partial charge in [-0.3, -0.25) is 4.79 Å². The molecule has 2 atom stereocenters. The van der Waals surface area contributed by atoms with Gasteiger partial charge in [-0.1, -0.05) is 12.1 Å². The zero-order valence-electron chi connectivity index (χ0n) is 12.3. The summed E-state index contributed by atoms with van der Waals surface area (Å²) < 4.78 is 44.0. The Kier molecular flexibility index (Phi) is 4.95. The summed E-state index contributed by atoms with van der Waals surface area (Å²) in [4.78, 5) is 13.8. The molecular weight excluding hydrogens is 297 g/mol. The summed E-state index contributed by atoms with van der Waals surface area (Å²) in [6, 6.07) is 4.79. The van der Waals surface area contributed by atoms with E-state index < -0.39 is 17.8 Å². The van der Waals surface area contributed by atoms with Gasteiger partial charge in [0.25, 0.3) is 5.91 Å². The fourth-order valence-electron chi connectivity index (χ4n) is 2.51. The average Bonchev–Trinajstić information content (AvgIpc) is 2.46. The summed E-state index contributed by atoms with van der Waals surface area (Å²) in [5.41, 5.74) is 4.93. The molecule has 0 saturated carbocycles. The Labute approximate surface area is 127 Å². The van der Waals surface area contributed by atoms with Gasteiger partial charge in [0.1, 0.15) is 5.75 Å². The number of amides is 1. The Bertz CT molecular complexity index is 534. The molecule has 0 aromatic heterocycles. The Morgan fingerprint density at radius 3 is 2.73 bits per heavy atom. The topological polar surface area (TPSA) is 55.6 Å². The Morgan fingerprint density at radius 2 is 2.09 bits per heavy atom. The number of para-hydroxylation sites is 1. The van der Waals surface area contributed by atoms with Crippen LogP contribution >= 0.6 is 0 Å². The number of ether oxygens (including phenoxy) is 1. The molecule has 122 valence electrons. The van der Waals surface area contributed by atoms with Crippen LogP contribution in [-0.2, 0) is 11.0 Å². The van der Waals surface area contributed by atoms with Crippen LogP contribution in [0, 0.1) is 0 Å². The third-order valence-corrected chi connectivity index (χ3v) is 3.61. The first-order valence-corrected chi connectivity index (χ1v) is 7.16. The number of alkyl halides is 3. The molecule has 2 N–H and O–H groups in total. The number of hydrogen-bond acceptors (Lipinski definition) is 3. The Balaban J connectivity index is 2.09. The molecular formula is C15H19F3N2O2. The standard InChI is InChI=1S/C15H19F3N2O2/c1-10(14(21)20-8-4-5-11(19)9-20)22-13-7-3-2-6-12(13)15(16,17)18/h2-3,6-7,10-11H,4-5,8-9,19H2,1H3. The molecule has 0 bridgehead atoms. The third kappa shape index (κ3) is 3.91. The van der Waals surface area contributed by atoms with E-state index in [0.717, 1.165) is 18.9 Å². The molecule has 22 heavy (non-hydrogen) atoms. The van der Waals surface area contributed by atoms with Crippen molar-refractivity contribution in [1.29, 1.82) is 0 Å². The number of likely N-dealkylation sites (tertiary alicyclic amines) is 1. The van der Waals surface area contributed by atoms with Crippen molar-refractivity contribution in [3.63, 3.8) is 0 Å². The number of nitrogens with two attached hydrogens (primary N) is 1. The summed E-state index contributed by atoms with van der Waals surface area (Å²) in [6.45, 7) is 2.42. The lowest BCUT2D eigenvalue weighted by Crippen LogP contribution is -2.49. The van der Waals surface area contributed by atoms with Crippen LogP contribution in [0.25, 0.3) is 0 Å². The smallest absolute Gasteiger partial charge is 0.419 e. The zero-order chi connectivity index (χ0) is 16.3. The molecule has 1 amide bonds. The highest BCUT2D eigenvalue weighted by atomic mass is 19.4. The number of benzene rings is 1. The van der Waals surface area contributed by atoms with Crippen LogP contribution in [0.3, 0.4) is 0 Å². The van der Waals surface area contributed by atoms with Crippen molar-refractivity contribution in [2.24, 2.45) is 5.73 Å². The van der Waals surface area contributed by atoms with Crippen molar-refractivity contribution in [3.8, 4) is 5.75 Å². The van der Waals surface area contributed by atoms with Crippen molar-refractivity contribution in [2.75, 3.05) is 13.1 Å². The first-order chi connectivity index (χ1) is 10.3. The second-order valence-electron chi connectivity index (χ2n) is 5.44. The molecule has 4 nitrogen and oxygen atoms in total. The first-order valence-electron chi connectivity index (χ1n) is 7.16. The van der Waals surface area contributed by atoms with E-state index in [1.54, 1.807) is 4.90 Å². The highest BCUT2D eigenvalue weighted by Crippen LogP contribution is 2.36. The number of carbonyl (C=O) groups excluding carboxylic acids is 1. The molecule has 1 heterocycles. The van der Waals surface area contributed by atoms with Gasteiger partial charge in [-0.2, -0.15) is 13.2 Å². The van der Waals surface area contributed by atoms with E-state index in [0.29, 0.717) is 13.1 Å². The second-order valence-corrected chi connectivity index (χ2v) is 5.44. The molecule has 0 spiro atoms. The van der Waals surface area contributed by atoms with E-state index in [2.05, 4.69) is 0 Å². The van der Waals surface area contributed by atoms with Gasteiger partial charge in [0.05, 0.1) is 5.56 Å². The molecule has 1 aromatic carbocycles. The average molecular weight is 316 g/mol. The summed E-state index contributed by atoms with van der Waals surface area (Å²) in [5, 5.41) is 0. The molecule has 1 aromatic rings. The molecule has 1 saturated heterocycles. The van der Waals surface area contributed by atoms with Gasteiger partial charge in [-0.05, 0) is 31.9 Å². The van der Waals surface area contributed by atoms with Crippen molar-refractivity contribution >= 4 is 5.91 Å². The van der Waals surface area contributed by atoms with Crippen LogP contribution < -0.4 is 10.5 Å². The van der Waals surface area contributed by atoms with Gasteiger partial charge in [-0.25, -0.2) is 0 Å². The minimum absolute atomic E-state index is 0.0904. The molecule has 1 aliphatic rings. The van der Waals surface area contributed by atoms with E-state index in [-0.39, 0.29) is 17.7 Å². The monoisotopic (exact) mass is 316 g/mol.